The van der Waals surface area contributed by atoms with E-state index in [1.165, 1.54) is 6.33 Å². The maximum atomic E-state index is 11.7. The number of amides is 1. The summed E-state index contributed by atoms with van der Waals surface area (Å²) >= 11 is 5.99. The zero-order chi connectivity index (χ0) is 15.6. The first-order chi connectivity index (χ1) is 9.81. The van der Waals surface area contributed by atoms with E-state index in [9.17, 15) is 9.90 Å². The number of nitrogens with zero attached hydrogens (tertiary/aromatic N) is 3. The van der Waals surface area contributed by atoms with Gasteiger partial charge in [0.2, 0.25) is 0 Å². The maximum Gasteiger partial charge on any atom is 0.409 e. The van der Waals surface area contributed by atoms with Crippen LogP contribution in [0.4, 0.5) is 4.79 Å². The van der Waals surface area contributed by atoms with E-state index in [1.54, 1.807) is 31.4 Å². The van der Waals surface area contributed by atoms with Crippen LogP contribution in [0.15, 0.2) is 12.4 Å². The third-order valence-electron chi connectivity index (χ3n) is 2.67. The van der Waals surface area contributed by atoms with Crippen molar-refractivity contribution in [3.8, 4) is 0 Å². The monoisotopic (exact) mass is 312 g/mol. The van der Waals surface area contributed by atoms with Crippen molar-refractivity contribution in [2.75, 3.05) is 0 Å². The lowest BCUT2D eigenvalue weighted by atomic mass is 10.2. The number of hydrogen-bond acceptors (Lipinski definition) is 5. The van der Waals surface area contributed by atoms with Gasteiger partial charge in [-0.15, -0.1) is 0 Å². The molecule has 0 saturated carbocycles. The van der Waals surface area contributed by atoms with Crippen LogP contribution in [0.25, 0.3) is 11.0 Å². The molecular weight excluding hydrogens is 296 g/mol. The van der Waals surface area contributed by atoms with Gasteiger partial charge in [0.25, 0.3) is 0 Å². The van der Waals surface area contributed by atoms with Crippen LogP contribution in [-0.4, -0.2) is 31.3 Å². The van der Waals surface area contributed by atoms with Crippen molar-refractivity contribution in [1.29, 1.82) is 0 Å². The van der Waals surface area contributed by atoms with Crippen molar-refractivity contribution < 1.29 is 14.6 Å². The van der Waals surface area contributed by atoms with Crippen LogP contribution < -0.4 is 5.32 Å². The Hall–Kier alpha value is -1.86. The Labute approximate surface area is 126 Å². The van der Waals surface area contributed by atoms with Crippen molar-refractivity contribution in [2.45, 2.75) is 39.6 Å². The number of fused-ring (bicyclic) bond motifs is 1. The van der Waals surface area contributed by atoms with Gasteiger partial charge in [-0.3, -0.25) is 0 Å². The summed E-state index contributed by atoms with van der Waals surface area (Å²) in [5.41, 5.74) is 0.535. The molecule has 2 aromatic heterocycles. The number of rotatable bonds is 3. The van der Waals surface area contributed by atoms with Gasteiger partial charge < -0.3 is 19.7 Å². The molecule has 0 fully saturated rings. The van der Waals surface area contributed by atoms with Gasteiger partial charge in [0.1, 0.15) is 22.7 Å². The molecule has 1 amide bonds. The van der Waals surface area contributed by atoms with Crippen LogP contribution in [-0.2, 0) is 18.0 Å². The van der Waals surface area contributed by atoms with Gasteiger partial charge in [0, 0.05) is 5.69 Å². The predicted octanol–water partition coefficient (Wildman–Crippen LogP) is 2.06. The van der Waals surface area contributed by atoms with Gasteiger partial charge in [-0.25, -0.2) is 14.8 Å². The molecule has 0 aromatic carbocycles. The lowest BCUT2D eigenvalue weighted by Crippen LogP contribution is -2.34. The normalized spacial score (nSPS) is 11.7. The van der Waals surface area contributed by atoms with Crippen molar-refractivity contribution in [3.63, 3.8) is 0 Å². The standard InChI is InChI=1S/C13H17ClN4O3/c1-13(2,3)21-12(20)17-7-18-8(5-19)4-9-10(14)15-6-16-11(9)18/h4,6,19H,5,7H2,1-3H3,(H,17,20). The fraction of sp³-hybridized carbons (Fsp3) is 0.462. The van der Waals surface area contributed by atoms with Crippen molar-refractivity contribution in [1.82, 2.24) is 19.9 Å². The third kappa shape index (κ3) is 3.62. The van der Waals surface area contributed by atoms with Gasteiger partial charge in [-0.2, -0.15) is 0 Å². The molecule has 2 N–H and O–H groups in total. The molecule has 0 aliphatic rings. The van der Waals surface area contributed by atoms with Crippen LogP contribution in [0.1, 0.15) is 26.5 Å². The first-order valence-electron chi connectivity index (χ1n) is 6.38. The Bertz CT molecular complexity index is 663. The fourth-order valence-corrected chi connectivity index (χ4v) is 2.03. The number of alkyl carbamates (subject to hydrolysis) is 1. The maximum absolute atomic E-state index is 11.7. The van der Waals surface area contributed by atoms with Crippen LogP contribution >= 0.6 is 11.6 Å². The van der Waals surface area contributed by atoms with Crippen molar-refractivity contribution in [2.24, 2.45) is 0 Å². The molecule has 2 aromatic rings. The van der Waals surface area contributed by atoms with E-state index in [1.807, 2.05) is 0 Å². The first-order valence-corrected chi connectivity index (χ1v) is 6.76. The number of aliphatic hydroxyl groups is 1. The Morgan fingerprint density at radius 2 is 2.19 bits per heavy atom. The topological polar surface area (TPSA) is 89.3 Å². The molecule has 0 aliphatic carbocycles. The highest BCUT2D eigenvalue weighted by atomic mass is 35.5. The zero-order valence-corrected chi connectivity index (χ0v) is 12.8. The summed E-state index contributed by atoms with van der Waals surface area (Å²) in [5, 5.41) is 12.9. The van der Waals surface area contributed by atoms with Gasteiger partial charge in [0.05, 0.1) is 18.7 Å². The highest BCUT2D eigenvalue weighted by molar-refractivity contribution is 6.33. The van der Waals surface area contributed by atoms with Crippen molar-refractivity contribution >= 4 is 28.7 Å². The average molecular weight is 313 g/mol. The molecule has 0 spiro atoms. The molecular formula is C13H17ClN4O3. The highest BCUT2D eigenvalue weighted by Crippen LogP contribution is 2.23. The average Bonchev–Trinajstić information content (AvgIpc) is 2.73. The summed E-state index contributed by atoms with van der Waals surface area (Å²) in [6, 6.07) is 1.69. The Kier molecular flexibility index (Phi) is 4.34. The largest absolute Gasteiger partial charge is 0.444 e. The lowest BCUT2D eigenvalue weighted by Gasteiger charge is -2.20. The second-order valence-electron chi connectivity index (χ2n) is 5.46. The Morgan fingerprint density at radius 1 is 1.48 bits per heavy atom. The molecule has 2 heterocycles. The van der Waals surface area contributed by atoms with Crippen LogP contribution in [0, 0.1) is 0 Å². The van der Waals surface area contributed by atoms with E-state index in [4.69, 9.17) is 16.3 Å². The Morgan fingerprint density at radius 3 is 2.81 bits per heavy atom. The van der Waals surface area contributed by atoms with Gasteiger partial charge in [-0.05, 0) is 26.8 Å². The van der Waals surface area contributed by atoms with E-state index in [2.05, 4.69) is 15.3 Å². The van der Waals surface area contributed by atoms with Crippen LogP contribution in [0.2, 0.25) is 5.15 Å². The minimum atomic E-state index is -0.575. The van der Waals surface area contributed by atoms with E-state index in [-0.39, 0.29) is 13.3 Å². The van der Waals surface area contributed by atoms with E-state index >= 15 is 0 Å². The number of carbonyl (C=O) groups excluding carboxylic acids is 1. The molecule has 8 heteroatoms. The zero-order valence-electron chi connectivity index (χ0n) is 12.1. The second-order valence-corrected chi connectivity index (χ2v) is 5.82. The molecule has 0 aliphatic heterocycles. The number of carbonyl (C=O) groups is 1. The predicted molar refractivity (Wildman–Crippen MR) is 77.8 cm³/mol. The summed E-state index contributed by atoms with van der Waals surface area (Å²) in [7, 11) is 0. The molecule has 21 heavy (non-hydrogen) atoms. The fourth-order valence-electron chi connectivity index (χ4n) is 1.85. The van der Waals surface area contributed by atoms with E-state index in [0.717, 1.165) is 0 Å². The van der Waals surface area contributed by atoms with E-state index < -0.39 is 11.7 Å². The second kappa shape index (κ2) is 5.87. The smallest absolute Gasteiger partial charge is 0.409 e. The number of nitrogens with one attached hydrogen (secondary N) is 1. The molecule has 2 rings (SSSR count). The summed E-state index contributed by atoms with van der Waals surface area (Å²) < 4.78 is 6.81. The minimum Gasteiger partial charge on any atom is -0.444 e. The molecule has 114 valence electrons. The molecule has 0 radical (unpaired) electrons. The minimum absolute atomic E-state index is 0.113. The van der Waals surface area contributed by atoms with E-state index in [0.29, 0.717) is 21.9 Å². The van der Waals surface area contributed by atoms with Crippen molar-refractivity contribution in [3.05, 3.63) is 23.2 Å². The summed E-state index contributed by atoms with van der Waals surface area (Å²) in [5.74, 6) is 0. The Balaban J connectivity index is 2.22. The molecule has 0 atom stereocenters. The SMILES string of the molecule is CC(C)(C)OC(=O)NCn1c(CO)cc2c(Cl)ncnc21. The number of aliphatic hydroxyl groups excluding tert-OH is 1. The van der Waals surface area contributed by atoms with Gasteiger partial charge in [-0.1, -0.05) is 11.6 Å². The van der Waals surface area contributed by atoms with Gasteiger partial charge >= 0.3 is 6.09 Å². The number of halogens is 1. The molecule has 0 bridgehead atoms. The van der Waals surface area contributed by atoms with Crippen LogP contribution in [0.3, 0.4) is 0 Å². The summed E-state index contributed by atoms with van der Waals surface area (Å²) in [4.78, 5) is 19.7. The lowest BCUT2D eigenvalue weighted by molar-refractivity contribution is 0.0511. The quantitative estimate of drug-likeness (QED) is 0.847. The molecule has 0 saturated heterocycles. The summed E-state index contributed by atoms with van der Waals surface area (Å²) in [6.07, 6.45) is 0.781. The number of hydrogen-bond donors (Lipinski definition) is 2. The van der Waals surface area contributed by atoms with Crippen LogP contribution in [0.5, 0.6) is 0 Å². The molecule has 0 unspecified atom stereocenters. The highest BCUT2D eigenvalue weighted by Gasteiger charge is 2.17. The first kappa shape index (κ1) is 15.5. The molecule has 7 nitrogen and oxygen atoms in total. The number of aromatic nitrogens is 3. The summed E-state index contributed by atoms with van der Waals surface area (Å²) in [6.45, 7) is 5.25. The third-order valence-corrected chi connectivity index (χ3v) is 2.97. The van der Waals surface area contributed by atoms with Gasteiger partial charge in [0.15, 0.2) is 0 Å². The number of ether oxygens (including phenoxy) is 1.